The summed E-state index contributed by atoms with van der Waals surface area (Å²) >= 11 is 0. The highest BCUT2D eigenvalue weighted by Gasteiger charge is 2.47. The number of hydrogen-bond acceptors (Lipinski definition) is 5. The third-order valence-electron chi connectivity index (χ3n) is 1.50. The molecule has 1 rings (SSSR count). The summed E-state index contributed by atoms with van der Waals surface area (Å²) < 4.78 is 8.48. The van der Waals surface area contributed by atoms with Crippen molar-refractivity contribution in [1.29, 1.82) is 0 Å². The van der Waals surface area contributed by atoms with Crippen molar-refractivity contribution in [3.8, 4) is 0 Å². The zero-order valence-electron chi connectivity index (χ0n) is 5.83. The maximum absolute atomic E-state index is 10.8. The summed E-state index contributed by atoms with van der Waals surface area (Å²) in [5.41, 5.74) is 4.63. The van der Waals surface area contributed by atoms with Crippen LogP contribution in [0, 0.1) is 0 Å². The van der Waals surface area contributed by atoms with Crippen LogP contribution in [0.2, 0.25) is 0 Å². The quantitative estimate of drug-likeness (QED) is 0.324. The van der Waals surface area contributed by atoms with Crippen molar-refractivity contribution >= 4 is 12.4 Å². The van der Waals surface area contributed by atoms with Crippen molar-refractivity contribution in [2.24, 2.45) is 5.73 Å². The van der Waals surface area contributed by atoms with E-state index >= 15 is 0 Å². The van der Waals surface area contributed by atoms with Crippen LogP contribution in [-0.2, 0) is 19.1 Å². The maximum atomic E-state index is 10.8. The lowest BCUT2D eigenvalue weighted by Crippen LogP contribution is -2.34. The third kappa shape index (κ3) is 1.91. The largest absolute Gasteiger partial charge is 0.426 e. The number of hydrogen-bond donors (Lipinski definition) is 1. The molecule has 0 bridgehead atoms. The highest BCUT2D eigenvalue weighted by atomic mass is 16.7. The molecule has 0 aromatic rings. The summed E-state index contributed by atoms with van der Waals surface area (Å²) in [6.45, 7) is 0.725. The van der Waals surface area contributed by atoms with Crippen LogP contribution in [0.15, 0.2) is 0 Å². The predicted molar refractivity (Wildman–Crippen MR) is 33.9 cm³/mol. The van der Waals surface area contributed by atoms with Crippen LogP contribution in [0.5, 0.6) is 0 Å². The van der Waals surface area contributed by atoms with Crippen LogP contribution in [0.3, 0.4) is 0 Å². The number of ether oxygens (including phenoxy) is 2. The van der Waals surface area contributed by atoms with Gasteiger partial charge in [-0.25, -0.2) is 9.59 Å². The zero-order chi connectivity index (χ0) is 8.32. The molecule has 0 atom stereocenters. The second kappa shape index (κ2) is 2.87. The highest BCUT2D eigenvalue weighted by Crippen LogP contribution is 2.33. The number of esters is 1. The van der Waals surface area contributed by atoms with Crippen molar-refractivity contribution in [2.75, 3.05) is 6.79 Å². The van der Waals surface area contributed by atoms with Crippen molar-refractivity contribution < 1.29 is 19.1 Å². The molecule has 0 saturated heterocycles. The van der Waals surface area contributed by atoms with E-state index in [0.29, 0.717) is 12.8 Å². The molecule has 1 fully saturated rings. The standard InChI is InChI=1S/C6H8NO4/c7-6(1-2-6)5(9)11-4-10-3-8/h1-2,4,7H2. The molecule has 11 heavy (non-hydrogen) atoms. The van der Waals surface area contributed by atoms with E-state index in [1.165, 1.54) is 0 Å². The molecule has 1 aliphatic rings. The second-order valence-corrected chi connectivity index (χ2v) is 2.43. The summed E-state index contributed by atoms with van der Waals surface area (Å²) in [5, 5.41) is 0. The summed E-state index contributed by atoms with van der Waals surface area (Å²) in [6, 6.07) is 0. The molecule has 5 heteroatoms. The van der Waals surface area contributed by atoms with Gasteiger partial charge in [-0.1, -0.05) is 0 Å². The Bertz CT molecular complexity index is 175. The smallest absolute Gasteiger partial charge is 0.420 e. The number of nitrogens with two attached hydrogens (primary N) is 1. The van der Waals surface area contributed by atoms with Gasteiger partial charge in [0.2, 0.25) is 6.79 Å². The minimum absolute atomic E-state index is 0.402. The normalized spacial score (nSPS) is 18.6. The molecule has 0 aliphatic heterocycles. The third-order valence-corrected chi connectivity index (χ3v) is 1.50. The molecular formula is C6H8NO4. The number of carbonyl (C=O) groups is 1. The van der Waals surface area contributed by atoms with E-state index < -0.39 is 18.3 Å². The van der Waals surface area contributed by atoms with Gasteiger partial charge in [0, 0.05) is 0 Å². The molecule has 0 heterocycles. The Balaban J connectivity index is 2.16. The van der Waals surface area contributed by atoms with Gasteiger partial charge in [-0.15, -0.1) is 0 Å². The maximum Gasteiger partial charge on any atom is 0.420 e. The van der Waals surface area contributed by atoms with Crippen LogP contribution >= 0.6 is 0 Å². The van der Waals surface area contributed by atoms with Crippen LogP contribution < -0.4 is 5.73 Å². The lowest BCUT2D eigenvalue weighted by molar-refractivity contribution is -0.153. The monoisotopic (exact) mass is 158 g/mol. The first-order chi connectivity index (χ1) is 5.19. The molecule has 1 saturated carbocycles. The van der Waals surface area contributed by atoms with Crippen molar-refractivity contribution in [1.82, 2.24) is 0 Å². The molecule has 0 aromatic heterocycles. The Morgan fingerprint density at radius 3 is 2.73 bits per heavy atom. The van der Waals surface area contributed by atoms with E-state index in [1.807, 2.05) is 0 Å². The van der Waals surface area contributed by atoms with Gasteiger partial charge < -0.3 is 15.2 Å². The molecule has 0 spiro atoms. The van der Waals surface area contributed by atoms with Crippen molar-refractivity contribution in [3.05, 3.63) is 0 Å². The molecule has 0 amide bonds. The first-order valence-corrected chi connectivity index (χ1v) is 3.14. The van der Waals surface area contributed by atoms with E-state index in [0.717, 1.165) is 6.47 Å². The minimum Gasteiger partial charge on any atom is -0.426 e. The summed E-state index contributed by atoms with van der Waals surface area (Å²) in [4.78, 5) is 20.3. The number of carbonyl (C=O) groups excluding carboxylic acids is 2. The molecule has 61 valence electrons. The fourth-order valence-electron chi connectivity index (χ4n) is 0.590. The van der Waals surface area contributed by atoms with Crippen molar-refractivity contribution in [3.63, 3.8) is 0 Å². The SMILES string of the molecule is NC1(C(=O)OCO[C]=O)CC1. The molecule has 1 radical (unpaired) electrons. The Morgan fingerprint density at radius 2 is 2.27 bits per heavy atom. The van der Waals surface area contributed by atoms with Gasteiger partial charge >= 0.3 is 12.4 Å². The second-order valence-electron chi connectivity index (χ2n) is 2.43. The fourth-order valence-corrected chi connectivity index (χ4v) is 0.590. The van der Waals surface area contributed by atoms with Gasteiger partial charge in [-0.2, -0.15) is 0 Å². The average molecular weight is 158 g/mol. The van der Waals surface area contributed by atoms with Gasteiger partial charge in [-0.3, -0.25) is 0 Å². The lowest BCUT2D eigenvalue weighted by Gasteiger charge is -2.06. The van der Waals surface area contributed by atoms with Gasteiger partial charge in [0.1, 0.15) is 5.54 Å². The summed E-state index contributed by atoms with van der Waals surface area (Å²) in [6.07, 6.45) is 1.27. The Morgan fingerprint density at radius 1 is 1.64 bits per heavy atom. The Hall–Kier alpha value is -1.10. The zero-order valence-corrected chi connectivity index (χ0v) is 5.83. The topological polar surface area (TPSA) is 78.6 Å². The fraction of sp³-hybridized carbons (Fsp3) is 0.667. The van der Waals surface area contributed by atoms with Crippen LogP contribution in [-0.4, -0.2) is 24.8 Å². The number of rotatable bonds is 4. The predicted octanol–water partition coefficient (Wildman–Crippen LogP) is -0.938. The summed E-state index contributed by atoms with van der Waals surface area (Å²) in [5.74, 6) is -0.521. The van der Waals surface area contributed by atoms with Gasteiger partial charge in [0.05, 0.1) is 0 Å². The first-order valence-electron chi connectivity index (χ1n) is 3.14. The van der Waals surface area contributed by atoms with E-state index in [2.05, 4.69) is 9.47 Å². The van der Waals surface area contributed by atoms with Crippen LogP contribution in [0.1, 0.15) is 12.8 Å². The molecule has 1 aliphatic carbocycles. The first kappa shape index (κ1) is 8.00. The highest BCUT2D eigenvalue weighted by molar-refractivity contribution is 5.83. The van der Waals surface area contributed by atoms with E-state index in [1.54, 1.807) is 0 Å². The van der Waals surface area contributed by atoms with E-state index in [4.69, 9.17) is 5.73 Å². The van der Waals surface area contributed by atoms with Gasteiger partial charge in [-0.05, 0) is 12.8 Å². The molecule has 2 N–H and O–H groups in total. The minimum atomic E-state index is -0.813. The van der Waals surface area contributed by atoms with Crippen LogP contribution in [0.25, 0.3) is 0 Å². The average Bonchev–Trinajstić information content (AvgIpc) is 2.70. The Labute approximate surface area is 63.4 Å². The van der Waals surface area contributed by atoms with E-state index in [-0.39, 0.29) is 0 Å². The van der Waals surface area contributed by atoms with E-state index in [9.17, 15) is 9.59 Å². The van der Waals surface area contributed by atoms with Gasteiger partial charge in [0.25, 0.3) is 0 Å². The molecule has 5 nitrogen and oxygen atoms in total. The van der Waals surface area contributed by atoms with Gasteiger partial charge in [0.15, 0.2) is 0 Å². The Kier molecular flexibility index (Phi) is 2.09. The molecular weight excluding hydrogens is 150 g/mol. The van der Waals surface area contributed by atoms with Crippen LogP contribution in [0.4, 0.5) is 0 Å². The summed E-state index contributed by atoms with van der Waals surface area (Å²) in [7, 11) is 0. The molecule has 0 aromatic carbocycles. The molecule has 0 unspecified atom stereocenters. The lowest BCUT2D eigenvalue weighted by atomic mass is 10.3. The van der Waals surface area contributed by atoms with Crippen molar-refractivity contribution in [2.45, 2.75) is 18.4 Å².